The fourth-order valence-corrected chi connectivity index (χ4v) is 2.13. The highest BCUT2D eigenvalue weighted by Gasteiger charge is 2.27. The minimum absolute atomic E-state index is 0.00373. The Balaban J connectivity index is 2.06. The molecule has 1 atom stereocenters. The van der Waals surface area contributed by atoms with Gasteiger partial charge in [0.15, 0.2) is 0 Å². The van der Waals surface area contributed by atoms with E-state index in [-0.39, 0.29) is 11.8 Å². The van der Waals surface area contributed by atoms with Crippen molar-refractivity contribution in [3.8, 4) is 0 Å². The largest absolute Gasteiger partial charge is 0.381 e. The van der Waals surface area contributed by atoms with Crippen molar-refractivity contribution in [2.45, 2.75) is 19.4 Å². The van der Waals surface area contributed by atoms with Gasteiger partial charge < -0.3 is 5.32 Å². The third kappa shape index (κ3) is 3.74. The smallest absolute Gasteiger partial charge is 0.131 e. The molecule has 0 aromatic heterocycles. The van der Waals surface area contributed by atoms with Gasteiger partial charge in [0.05, 0.1) is 0 Å². The summed E-state index contributed by atoms with van der Waals surface area (Å²) >= 11 is 5.95. The Morgan fingerprint density at radius 2 is 2.06 bits per heavy atom. The van der Waals surface area contributed by atoms with E-state index in [2.05, 4.69) is 5.32 Å². The van der Waals surface area contributed by atoms with Gasteiger partial charge in [-0.25, -0.2) is 0 Å². The van der Waals surface area contributed by atoms with Crippen molar-refractivity contribution in [1.82, 2.24) is 0 Å². The molecule has 3 heteroatoms. The van der Waals surface area contributed by atoms with Crippen LogP contribution in [0.2, 0.25) is 5.02 Å². The number of hydrogen-bond acceptors (Lipinski definition) is 2. The van der Waals surface area contributed by atoms with Gasteiger partial charge in [0.25, 0.3) is 0 Å². The average Bonchev–Trinajstić information content (AvgIpc) is 2.80. The Morgan fingerprint density at radius 3 is 2.67 bits per heavy atom. The van der Waals surface area contributed by atoms with E-state index in [1.807, 2.05) is 49.9 Å². The molecular weight excluding hydrogens is 246 g/mol. The van der Waals surface area contributed by atoms with Crippen LogP contribution in [0.1, 0.15) is 13.3 Å². The quantitative estimate of drug-likeness (QED) is 0.878. The number of benzene rings is 1. The number of anilines is 1. The van der Waals surface area contributed by atoms with E-state index in [0.29, 0.717) is 11.4 Å². The van der Waals surface area contributed by atoms with Crippen LogP contribution in [0.5, 0.6) is 0 Å². The minimum atomic E-state index is -0.00373. The van der Waals surface area contributed by atoms with Crippen molar-refractivity contribution in [3.63, 3.8) is 0 Å². The number of carbonyl (C=O) groups excluding carboxylic acids is 1. The van der Waals surface area contributed by atoms with Gasteiger partial charge in [-0.05, 0) is 50.8 Å². The molecule has 0 aliphatic heterocycles. The van der Waals surface area contributed by atoms with Crippen LogP contribution in [-0.4, -0.2) is 11.8 Å². The molecule has 0 unspecified atom stereocenters. The molecule has 1 aliphatic carbocycles. The maximum atomic E-state index is 11.3. The highest BCUT2D eigenvalue weighted by Crippen LogP contribution is 2.30. The molecular formula is C15H15ClNO. The van der Waals surface area contributed by atoms with E-state index in [0.717, 1.165) is 11.6 Å². The zero-order valence-electron chi connectivity index (χ0n) is 10.2. The predicted molar refractivity (Wildman–Crippen MR) is 74.6 cm³/mol. The summed E-state index contributed by atoms with van der Waals surface area (Å²) in [5.41, 5.74) is 0.926. The average molecular weight is 261 g/mol. The number of carbonyl (C=O) groups is 1. The SMILES string of the molecule is CC(=O)C[C@H](Nc1cccc(Cl)c1)[C]1[CH][CH][CH][CH]1. The summed E-state index contributed by atoms with van der Waals surface area (Å²) in [4.78, 5) is 11.3. The number of hydrogen-bond donors (Lipinski definition) is 1. The Hall–Kier alpha value is -1.02. The first-order chi connectivity index (χ1) is 8.65. The van der Waals surface area contributed by atoms with Crippen LogP contribution in [0, 0.1) is 31.6 Å². The van der Waals surface area contributed by atoms with Gasteiger partial charge in [0.1, 0.15) is 5.78 Å². The Morgan fingerprint density at radius 1 is 1.33 bits per heavy atom. The first-order valence-electron chi connectivity index (χ1n) is 5.88. The second-order valence-corrected chi connectivity index (χ2v) is 4.77. The molecule has 0 spiro atoms. The van der Waals surface area contributed by atoms with E-state index in [9.17, 15) is 4.79 Å². The molecule has 0 bridgehead atoms. The predicted octanol–water partition coefficient (Wildman–Crippen LogP) is 3.50. The highest BCUT2D eigenvalue weighted by molar-refractivity contribution is 6.30. The maximum absolute atomic E-state index is 11.3. The highest BCUT2D eigenvalue weighted by atomic mass is 35.5. The van der Waals surface area contributed by atoms with Crippen LogP contribution in [0.25, 0.3) is 0 Å². The fourth-order valence-electron chi connectivity index (χ4n) is 1.94. The summed E-state index contributed by atoms with van der Waals surface area (Å²) < 4.78 is 0. The summed E-state index contributed by atoms with van der Waals surface area (Å²) in [5, 5.41) is 4.03. The molecule has 1 aromatic rings. The molecule has 5 radical (unpaired) electrons. The maximum Gasteiger partial charge on any atom is 0.131 e. The number of nitrogens with one attached hydrogen (secondary N) is 1. The standard InChI is InChI=1S/C15H15ClNO/c1-11(18)9-15(12-5-2-3-6-12)17-14-8-4-7-13(16)10-14/h2-8,10,15,17H,9H2,1H3/t15-/m0/s1. The van der Waals surface area contributed by atoms with Gasteiger partial charge >= 0.3 is 0 Å². The van der Waals surface area contributed by atoms with Crippen LogP contribution in [0.4, 0.5) is 5.69 Å². The van der Waals surface area contributed by atoms with Crippen molar-refractivity contribution in [2.24, 2.45) is 0 Å². The zero-order chi connectivity index (χ0) is 13.0. The molecule has 93 valence electrons. The molecule has 1 fully saturated rings. The van der Waals surface area contributed by atoms with Crippen LogP contribution in [-0.2, 0) is 4.79 Å². The molecule has 1 aliphatic rings. The van der Waals surface area contributed by atoms with E-state index in [4.69, 9.17) is 11.6 Å². The summed E-state index contributed by atoms with van der Waals surface area (Å²) in [6, 6.07) is 7.52. The molecule has 2 nitrogen and oxygen atoms in total. The molecule has 0 saturated heterocycles. The van der Waals surface area contributed by atoms with Crippen LogP contribution < -0.4 is 5.32 Å². The first-order valence-corrected chi connectivity index (χ1v) is 6.26. The normalized spacial score (nSPS) is 17.7. The molecule has 2 rings (SSSR count). The van der Waals surface area contributed by atoms with Gasteiger partial charge in [0.2, 0.25) is 0 Å². The van der Waals surface area contributed by atoms with Gasteiger partial charge in [-0.15, -0.1) is 0 Å². The molecule has 1 saturated carbocycles. The Labute approximate surface area is 114 Å². The molecule has 0 heterocycles. The minimum Gasteiger partial charge on any atom is -0.381 e. The van der Waals surface area contributed by atoms with Crippen molar-refractivity contribution >= 4 is 23.1 Å². The second-order valence-electron chi connectivity index (χ2n) is 4.33. The lowest BCUT2D eigenvalue weighted by atomic mass is 9.93. The summed E-state index contributed by atoms with van der Waals surface area (Å²) in [5.74, 6) is 1.28. The van der Waals surface area contributed by atoms with E-state index in [1.54, 1.807) is 6.92 Å². The van der Waals surface area contributed by atoms with Crippen molar-refractivity contribution in [3.05, 3.63) is 60.9 Å². The van der Waals surface area contributed by atoms with Gasteiger partial charge in [0, 0.05) is 29.1 Å². The fraction of sp³-hybridized carbons (Fsp3) is 0.200. The number of rotatable bonds is 5. The van der Waals surface area contributed by atoms with Crippen LogP contribution in [0.3, 0.4) is 0 Å². The lowest BCUT2D eigenvalue weighted by molar-refractivity contribution is -0.117. The lowest BCUT2D eigenvalue weighted by Crippen LogP contribution is -2.28. The Bertz CT molecular complexity index is 413. The Kier molecular flexibility index (Phi) is 4.65. The van der Waals surface area contributed by atoms with Gasteiger partial charge in [-0.2, -0.15) is 0 Å². The third-order valence-corrected chi connectivity index (χ3v) is 2.98. The van der Waals surface area contributed by atoms with Crippen molar-refractivity contribution in [2.75, 3.05) is 5.32 Å². The van der Waals surface area contributed by atoms with Crippen molar-refractivity contribution < 1.29 is 4.79 Å². The summed E-state index contributed by atoms with van der Waals surface area (Å²) in [7, 11) is 0. The van der Waals surface area contributed by atoms with Crippen LogP contribution >= 0.6 is 11.6 Å². The van der Waals surface area contributed by atoms with E-state index < -0.39 is 0 Å². The number of halogens is 1. The van der Waals surface area contributed by atoms with E-state index >= 15 is 0 Å². The molecule has 1 N–H and O–H groups in total. The third-order valence-electron chi connectivity index (χ3n) is 2.75. The van der Waals surface area contributed by atoms with Crippen molar-refractivity contribution in [1.29, 1.82) is 0 Å². The monoisotopic (exact) mass is 260 g/mol. The number of Topliss-reactive ketones (excluding diaryl/α,β-unsaturated/α-hetero) is 1. The first kappa shape index (κ1) is 13.4. The number of ketones is 1. The molecule has 18 heavy (non-hydrogen) atoms. The summed E-state index contributed by atoms with van der Waals surface area (Å²) in [6.07, 6.45) is 8.46. The van der Waals surface area contributed by atoms with Gasteiger partial charge in [-0.3, -0.25) is 4.79 Å². The van der Waals surface area contributed by atoms with Crippen LogP contribution in [0.15, 0.2) is 24.3 Å². The van der Waals surface area contributed by atoms with E-state index in [1.165, 1.54) is 0 Å². The lowest BCUT2D eigenvalue weighted by Gasteiger charge is -2.24. The topological polar surface area (TPSA) is 29.1 Å². The zero-order valence-corrected chi connectivity index (χ0v) is 10.9. The van der Waals surface area contributed by atoms with Gasteiger partial charge in [-0.1, -0.05) is 17.7 Å². The molecule has 0 amide bonds. The second kappa shape index (κ2) is 6.24. The molecule has 1 aromatic carbocycles. The summed E-state index contributed by atoms with van der Waals surface area (Å²) in [6.45, 7) is 1.61.